The standard InChI is InChI=1S/C19H25N3OS/c1-14-12-19(2,3)20(4)17-6-5-15(11-16(14)17)18(24)22-9-7-21(13-23)8-10-22/h5-6,11-13H,7-10H2,1-4H3. The number of anilines is 1. The number of benzene rings is 1. The molecule has 2 heterocycles. The molecule has 0 aromatic heterocycles. The first-order valence-electron chi connectivity index (χ1n) is 8.40. The average molecular weight is 343 g/mol. The van der Waals surface area contributed by atoms with Crippen LogP contribution in [0.3, 0.4) is 0 Å². The van der Waals surface area contributed by atoms with Crippen molar-refractivity contribution in [1.29, 1.82) is 0 Å². The molecule has 1 saturated heterocycles. The molecule has 0 radical (unpaired) electrons. The highest BCUT2D eigenvalue weighted by molar-refractivity contribution is 7.80. The van der Waals surface area contributed by atoms with Crippen molar-refractivity contribution < 1.29 is 4.79 Å². The summed E-state index contributed by atoms with van der Waals surface area (Å²) in [5, 5.41) is 0. The highest BCUT2D eigenvalue weighted by atomic mass is 32.1. The number of carbonyl (C=O) groups is 1. The summed E-state index contributed by atoms with van der Waals surface area (Å²) in [5.41, 5.74) is 4.90. The van der Waals surface area contributed by atoms with Crippen LogP contribution in [0.2, 0.25) is 0 Å². The summed E-state index contributed by atoms with van der Waals surface area (Å²) in [5.74, 6) is 0. The van der Waals surface area contributed by atoms with Gasteiger partial charge in [0.15, 0.2) is 0 Å². The van der Waals surface area contributed by atoms with Gasteiger partial charge in [-0.1, -0.05) is 18.3 Å². The molecule has 24 heavy (non-hydrogen) atoms. The second-order valence-electron chi connectivity index (χ2n) is 7.21. The Morgan fingerprint density at radius 1 is 1.21 bits per heavy atom. The summed E-state index contributed by atoms with van der Waals surface area (Å²) >= 11 is 5.72. The number of thiocarbonyl (C=S) groups is 1. The Bertz CT molecular complexity index is 703. The molecular weight excluding hydrogens is 318 g/mol. The van der Waals surface area contributed by atoms with Crippen molar-refractivity contribution in [2.24, 2.45) is 0 Å². The van der Waals surface area contributed by atoms with Crippen LogP contribution in [0, 0.1) is 0 Å². The van der Waals surface area contributed by atoms with Crippen LogP contribution in [-0.2, 0) is 4.79 Å². The van der Waals surface area contributed by atoms with Crippen LogP contribution in [0.4, 0.5) is 5.69 Å². The second-order valence-corrected chi connectivity index (χ2v) is 7.59. The fourth-order valence-electron chi connectivity index (χ4n) is 3.51. The van der Waals surface area contributed by atoms with E-state index in [9.17, 15) is 4.79 Å². The molecule has 0 N–H and O–H groups in total. The number of rotatable bonds is 2. The van der Waals surface area contributed by atoms with E-state index in [-0.39, 0.29) is 5.54 Å². The summed E-state index contributed by atoms with van der Waals surface area (Å²) < 4.78 is 0. The minimum Gasteiger partial charge on any atom is -0.366 e. The number of allylic oxidation sites excluding steroid dienone is 1. The predicted molar refractivity (Wildman–Crippen MR) is 103 cm³/mol. The molecule has 1 aromatic rings. The fraction of sp³-hybridized carbons (Fsp3) is 0.474. The van der Waals surface area contributed by atoms with Crippen molar-refractivity contribution >= 4 is 34.9 Å². The first-order valence-corrected chi connectivity index (χ1v) is 8.80. The fourth-order valence-corrected chi connectivity index (χ4v) is 3.81. The van der Waals surface area contributed by atoms with Crippen LogP contribution in [-0.4, -0.2) is 60.0 Å². The monoisotopic (exact) mass is 343 g/mol. The van der Waals surface area contributed by atoms with Crippen molar-refractivity contribution in [2.45, 2.75) is 26.3 Å². The molecule has 3 rings (SSSR count). The number of likely N-dealkylation sites (N-methyl/N-ethyl adjacent to an activating group) is 1. The molecule has 2 aliphatic heterocycles. The number of carbonyl (C=O) groups excluding carboxylic acids is 1. The summed E-state index contributed by atoms with van der Waals surface area (Å²) in [6, 6.07) is 6.51. The van der Waals surface area contributed by atoms with Gasteiger partial charge in [-0.15, -0.1) is 0 Å². The molecule has 0 spiro atoms. The van der Waals surface area contributed by atoms with Gasteiger partial charge >= 0.3 is 0 Å². The first-order chi connectivity index (χ1) is 11.3. The molecule has 1 amide bonds. The average Bonchev–Trinajstić information content (AvgIpc) is 2.58. The zero-order valence-corrected chi connectivity index (χ0v) is 15.7. The lowest BCUT2D eigenvalue weighted by atomic mass is 9.88. The van der Waals surface area contributed by atoms with E-state index in [0.717, 1.165) is 43.1 Å². The Morgan fingerprint density at radius 3 is 2.50 bits per heavy atom. The quantitative estimate of drug-likeness (QED) is 0.609. The highest BCUT2D eigenvalue weighted by Gasteiger charge is 2.29. The summed E-state index contributed by atoms with van der Waals surface area (Å²) in [4.78, 5) is 18.0. The molecular formula is C19H25N3OS. The van der Waals surface area contributed by atoms with Crippen molar-refractivity contribution in [3.63, 3.8) is 0 Å². The zero-order valence-electron chi connectivity index (χ0n) is 14.9. The van der Waals surface area contributed by atoms with Crippen molar-refractivity contribution in [1.82, 2.24) is 9.80 Å². The van der Waals surface area contributed by atoms with Crippen molar-refractivity contribution in [2.75, 3.05) is 38.1 Å². The lowest BCUT2D eigenvalue weighted by molar-refractivity contribution is -0.119. The van der Waals surface area contributed by atoms with E-state index in [1.165, 1.54) is 16.8 Å². The largest absolute Gasteiger partial charge is 0.366 e. The maximum Gasteiger partial charge on any atom is 0.209 e. The van der Waals surface area contributed by atoms with E-state index in [1.807, 2.05) is 0 Å². The van der Waals surface area contributed by atoms with Gasteiger partial charge in [0.1, 0.15) is 4.99 Å². The number of amides is 1. The van der Waals surface area contributed by atoms with Crippen LogP contribution in [0.15, 0.2) is 24.3 Å². The second kappa shape index (κ2) is 6.20. The van der Waals surface area contributed by atoms with Gasteiger partial charge in [-0.3, -0.25) is 4.79 Å². The number of nitrogens with zero attached hydrogens (tertiary/aromatic N) is 3. The number of hydrogen-bond acceptors (Lipinski definition) is 3. The summed E-state index contributed by atoms with van der Waals surface area (Å²) in [7, 11) is 2.14. The maximum atomic E-state index is 10.8. The van der Waals surface area contributed by atoms with Crippen LogP contribution >= 0.6 is 12.2 Å². The molecule has 5 heteroatoms. The third-order valence-corrected chi connectivity index (χ3v) is 5.71. The minimum absolute atomic E-state index is 0.0181. The lowest BCUT2D eigenvalue weighted by Gasteiger charge is -2.41. The summed E-state index contributed by atoms with van der Waals surface area (Å²) in [6.07, 6.45) is 3.23. The van der Waals surface area contributed by atoms with Crippen LogP contribution in [0.5, 0.6) is 0 Å². The molecule has 0 aliphatic carbocycles. The normalized spacial score (nSPS) is 19.7. The SMILES string of the molecule is CC1=CC(C)(C)N(C)c2ccc(C(=S)N3CCN(C=O)CC3)cc21. The van der Waals surface area contributed by atoms with E-state index >= 15 is 0 Å². The Kier molecular flexibility index (Phi) is 4.38. The molecule has 0 saturated carbocycles. The lowest BCUT2D eigenvalue weighted by Crippen LogP contribution is -2.47. The third kappa shape index (κ3) is 2.93. The van der Waals surface area contributed by atoms with Gasteiger partial charge in [-0.2, -0.15) is 0 Å². The highest BCUT2D eigenvalue weighted by Crippen LogP contribution is 2.38. The van der Waals surface area contributed by atoms with Gasteiger partial charge in [0.25, 0.3) is 0 Å². The Morgan fingerprint density at radius 2 is 1.88 bits per heavy atom. The molecule has 128 valence electrons. The molecule has 2 aliphatic rings. The zero-order chi connectivity index (χ0) is 17.5. The Balaban J connectivity index is 1.86. The van der Waals surface area contributed by atoms with E-state index in [1.54, 1.807) is 4.90 Å². The number of piperazine rings is 1. The van der Waals surface area contributed by atoms with Gasteiger partial charge in [-0.25, -0.2) is 0 Å². The van der Waals surface area contributed by atoms with Crippen LogP contribution in [0.1, 0.15) is 31.9 Å². The van der Waals surface area contributed by atoms with Crippen LogP contribution in [0.25, 0.3) is 5.57 Å². The van der Waals surface area contributed by atoms with Gasteiger partial charge in [0, 0.05) is 50.0 Å². The van der Waals surface area contributed by atoms with Gasteiger partial charge in [-0.05, 0) is 44.5 Å². The van der Waals surface area contributed by atoms with E-state index in [4.69, 9.17) is 12.2 Å². The molecule has 0 atom stereocenters. The van der Waals surface area contributed by atoms with E-state index < -0.39 is 0 Å². The van der Waals surface area contributed by atoms with Gasteiger partial charge < -0.3 is 14.7 Å². The topological polar surface area (TPSA) is 26.8 Å². The molecule has 1 aromatic carbocycles. The molecule has 0 unspecified atom stereocenters. The predicted octanol–water partition coefficient (Wildman–Crippen LogP) is 2.77. The third-order valence-electron chi connectivity index (χ3n) is 5.21. The van der Waals surface area contributed by atoms with Crippen molar-refractivity contribution in [3.8, 4) is 0 Å². The minimum atomic E-state index is 0.0181. The molecule has 4 nitrogen and oxygen atoms in total. The first kappa shape index (κ1) is 17.0. The van der Waals surface area contributed by atoms with Crippen molar-refractivity contribution in [3.05, 3.63) is 35.4 Å². The van der Waals surface area contributed by atoms with Gasteiger partial charge in [0.05, 0.1) is 5.54 Å². The number of hydrogen-bond donors (Lipinski definition) is 0. The molecule has 1 fully saturated rings. The van der Waals surface area contributed by atoms with E-state index in [2.05, 4.69) is 61.9 Å². The Labute approximate surface area is 149 Å². The van der Waals surface area contributed by atoms with E-state index in [0.29, 0.717) is 0 Å². The maximum absolute atomic E-state index is 10.8. The van der Waals surface area contributed by atoms with Crippen LogP contribution < -0.4 is 4.90 Å². The van der Waals surface area contributed by atoms with Gasteiger partial charge in [0.2, 0.25) is 6.41 Å². The Hall–Kier alpha value is -1.88. The smallest absolute Gasteiger partial charge is 0.209 e. The number of fused-ring (bicyclic) bond motifs is 1. The summed E-state index contributed by atoms with van der Waals surface area (Å²) in [6.45, 7) is 9.71. The molecule has 0 bridgehead atoms.